The van der Waals surface area contributed by atoms with E-state index in [1.165, 1.54) is 12.1 Å². The number of halogens is 3. The summed E-state index contributed by atoms with van der Waals surface area (Å²) in [5, 5.41) is 2.89. The van der Waals surface area contributed by atoms with E-state index in [1.807, 2.05) is 36.4 Å². The van der Waals surface area contributed by atoms with Crippen molar-refractivity contribution in [2.45, 2.75) is 44.1 Å². The Morgan fingerprint density at radius 1 is 0.939 bits per heavy atom. The van der Waals surface area contributed by atoms with Crippen LogP contribution in [0.4, 0.5) is 18.9 Å². The second-order valence-electron chi connectivity index (χ2n) is 8.75. The molecule has 3 aromatic carbocycles. The zero-order chi connectivity index (χ0) is 23.0. The van der Waals surface area contributed by atoms with Gasteiger partial charge in [-0.3, -0.25) is 4.79 Å². The summed E-state index contributed by atoms with van der Waals surface area (Å²) in [5.41, 5.74) is 5.34. The van der Waals surface area contributed by atoms with Crippen LogP contribution in [0.3, 0.4) is 0 Å². The summed E-state index contributed by atoms with van der Waals surface area (Å²) in [7, 11) is 0. The quantitative estimate of drug-likeness (QED) is 0.398. The smallest absolute Gasteiger partial charge is 0.251 e. The normalized spacial score (nSPS) is 17.4. The number of amides is 1. The number of aliphatic imine (C=N–C) groups is 1. The topological polar surface area (TPSA) is 41.5 Å². The lowest BCUT2D eigenvalue weighted by atomic mass is 9.92. The number of hydrogen-bond donors (Lipinski definition) is 1. The van der Waals surface area contributed by atoms with Gasteiger partial charge in [-0.1, -0.05) is 42.5 Å². The minimum Gasteiger partial charge on any atom is -0.349 e. The van der Waals surface area contributed by atoms with Crippen LogP contribution >= 0.6 is 0 Å². The molecular formula is C27H23F3N2O. The number of nitrogens with one attached hydrogen (secondary N) is 1. The molecule has 6 heteroatoms. The van der Waals surface area contributed by atoms with E-state index in [9.17, 15) is 18.0 Å². The molecule has 0 spiro atoms. The summed E-state index contributed by atoms with van der Waals surface area (Å²) in [4.78, 5) is 17.7. The minimum absolute atomic E-state index is 0.207. The van der Waals surface area contributed by atoms with Crippen LogP contribution in [0, 0.1) is 5.82 Å². The maximum atomic E-state index is 14.0. The fourth-order valence-corrected chi connectivity index (χ4v) is 4.56. The summed E-state index contributed by atoms with van der Waals surface area (Å²) in [6.45, 7) is 0. The molecule has 2 aliphatic rings. The molecule has 33 heavy (non-hydrogen) atoms. The zero-order valence-electron chi connectivity index (χ0n) is 18.0. The highest BCUT2D eigenvalue weighted by atomic mass is 19.3. The van der Waals surface area contributed by atoms with E-state index in [0.717, 1.165) is 16.7 Å². The molecule has 1 amide bonds. The fraction of sp³-hybridized carbons (Fsp3) is 0.259. The highest BCUT2D eigenvalue weighted by molar-refractivity contribution is 6.15. The van der Waals surface area contributed by atoms with Gasteiger partial charge in [0.25, 0.3) is 5.91 Å². The highest BCUT2D eigenvalue weighted by Gasteiger charge is 2.35. The van der Waals surface area contributed by atoms with Crippen molar-refractivity contribution in [2.24, 2.45) is 4.99 Å². The third-order valence-corrected chi connectivity index (χ3v) is 6.38. The van der Waals surface area contributed by atoms with Gasteiger partial charge in [0.1, 0.15) is 5.82 Å². The molecular weight excluding hydrogens is 425 g/mol. The first kappa shape index (κ1) is 21.4. The number of rotatable bonds is 3. The minimum atomic E-state index is -2.64. The van der Waals surface area contributed by atoms with Crippen LogP contribution in [0.2, 0.25) is 0 Å². The van der Waals surface area contributed by atoms with Crippen molar-refractivity contribution in [3.05, 3.63) is 100 Å². The number of fused-ring (bicyclic) bond motifs is 2. The van der Waals surface area contributed by atoms with Crippen molar-refractivity contribution in [1.82, 2.24) is 5.32 Å². The number of carbonyl (C=O) groups excluding carboxylic acids is 1. The molecule has 1 aliphatic carbocycles. The molecule has 1 heterocycles. The molecule has 1 saturated carbocycles. The van der Waals surface area contributed by atoms with Gasteiger partial charge in [0.15, 0.2) is 0 Å². The predicted octanol–water partition coefficient (Wildman–Crippen LogP) is 6.21. The Morgan fingerprint density at radius 3 is 2.52 bits per heavy atom. The van der Waals surface area contributed by atoms with Crippen molar-refractivity contribution >= 4 is 17.3 Å². The summed E-state index contributed by atoms with van der Waals surface area (Å²) < 4.78 is 40.8. The van der Waals surface area contributed by atoms with E-state index in [4.69, 9.17) is 4.99 Å². The molecule has 0 aromatic heterocycles. The van der Waals surface area contributed by atoms with Gasteiger partial charge in [-0.15, -0.1) is 0 Å². The average molecular weight is 448 g/mol. The maximum absolute atomic E-state index is 14.0. The third kappa shape index (κ3) is 4.56. The molecule has 1 aliphatic heterocycles. The lowest BCUT2D eigenvalue weighted by Gasteiger charge is -2.28. The molecule has 3 aromatic rings. The van der Waals surface area contributed by atoms with Crippen LogP contribution in [0.25, 0.3) is 0 Å². The van der Waals surface area contributed by atoms with Gasteiger partial charge >= 0.3 is 0 Å². The van der Waals surface area contributed by atoms with Gasteiger partial charge in [-0.25, -0.2) is 18.2 Å². The highest BCUT2D eigenvalue weighted by Crippen LogP contribution is 2.34. The van der Waals surface area contributed by atoms with Crippen molar-refractivity contribution < 1.29 is 18.0 Å². The van der Waals surface area contributed by atoms with E-state index >= 15 is 0 Å². The van der Waals surface area contributed by atoms with Gasteiger partial charge in [0.05, 0.1) is 11.4 Å². The van der Waals surface area contributed by atoms with Crippen molar-refractivity contribution in [3.8, 4) is 0 Å². The summed E-state index contributed by atoms with van der Waals surface area (Å²) >= 11 is 0. The van der Waals surface area contributed by atoms with Crippen LogP contribution in [0.1, 0.15) is 58.3 Å². The second kappa shape index (κ2) is 8.50. The van der Waals surface area contributed by atoms with Gasteiger partial charge < -0.3 is 5.32 Å². The maximum Gasteiger partial charge on any atom is 0.251 e. The third-order valence-electron chi connectivity index (χ3n) is 6.38. The summed E-state index contributed by atoms with van der Waals surface area (Å²) in [6.07, 6.45) is 0.749. The number of carbonyl (C=O) groups is 1. The molecule has 3 nitrogen and oxygen atoms in total. The Balaban J connectivity index is 1.48. The molecule has 0 radical (unpaired) electrons. The van der Waals surface area contributed by atoms with Crippen LogP contribution in [0.5, 0.6) is 0 Å². The number of alkyl halides is 2. The van der Waals surface area contributed by atoms with Crippen LogP contribution < -0.4 is 5.32 Å². The van der Waals surface area contributed by atoms with Crippen molar-refractivity contribution in [2.75, 3.05) is 0 Å². The van der Waals surface area contributed by atoms with Crippen LogP contribution in [-0.4, -0.2) is 23.6 Å². The molecule has 0 saturated heterocycles. The Bertz CT molecular complexity index is 1240. The van der Waals surface area contributed by atoms with Gasteiger partial charge in [-0.05, 0) is 48.2 Å². The van der Waals surface area contributed by atoms with E-state index in [2.05, 4.69) is 5.32 Å². The SMILES string of the molecule is O=C(NC1CCC(F)(F)CC1)c1ccc2c(c1)N=C(c1cccc(F)c1)c1ccccc1C2. The number of hydrogen-bond acceptors (Lipinski definition) is 2. The Labute approximate surface area is 190 Å². The fourth-order valence-electron chi connectivity index (χ4n) is 4.56. The van der Waals surface area contributed by atoms with Crippen LogP contribution in [-0.2, 0) is 6.42 Å². The van der Waals surface area contributed by atoms with E-state index in [1.54, 1.807) is 18.2 Å². The lowest BCUT2D eigenvalue weighted by Crippen LogP contribution is -2.40. The monoisotopic (exact) mass is 448 g/mol. The van der Waals surface area contributed by atoms with E-state index < -0.39 is 5.92 Å². The molecule has 168 valence electrons. The van der Waals surface area contributed by atoms with Crippen molar-refractivity contribution in [1.29, 1.82) is 0 Å². The predicted molar refractivity (Wildman–Crippen MR) is 122 cm³/mol. The second-order valence-corrected chi connectivity index (χ2v) is 8.75. The molecule has 1 N–H and O–H groups in total. The number of nitrogens with zero attached hydrogens (tertiary/aromatic N) is 1. The first-order chi connectivity index (χ1) is 15.9. The molecule has 5 rings (SSSR count). The summed E-state index contributed by atoms with van der Waals surface area (Å²) in [5.74, 6) is -3.27. The average Bonchev–Trinajstić information content (AvgIpc) is 2.96. The van der Waals surface area contributed by atoms with Gasteiger partial charge in [0, 0.05) is 42.0 Å². The summed E-state index contributed by atoms with van der Waals surface area (Å²) in [6, 6.07) is 19.3. The van der Waals surface area contributed by atoms with E-state index in [-0.39, 0.29) is 43.4 Å². The standard InChI is InChI=1S/C27H23F3N2O/c28-21-6-3-5-19(15-21)25-23-7-2-1-4-17(23)14-18-8-9-20(16-24(18)32-25)26(33)31-22-10-12-27(29,30)13-11-22/h1-9,15-16,22H,10-14H2,(H,31,33). The molecule has 0 unspecified atom stereocenters. The Kier molecular flexibility index (Phi) is 5.52. The molecule has 0 atom stereocenters. The molecule has 1 fully saturated rings. The first-order valence-corrected chi connectivity index (χ1v) is 11.1. The largest absolute Gasteiger partial charge is 0.349 e. The Morgan fingerprint density at radius 2 is 1.73 bits per heavy atom. The van der Waals surface area contributed by atoms with Crippen LogP contribution in [0.15, 0.2) is 71.7 Å². The number of benzene rings is 3. The lowest BCUT2D eigenvalue weighted by molar-refractivity contribution is -0.0399. The molecule has 0 bridgehead atoms. The van der Waals surface area contributed by atoms with Crippen molar-refractivity contribution in [3.63, 3.8) is 0 Å². The zero-order valence-corrected chi connectivity index (χ0v) is 18.0. The Hall–Kier alpha value is -3.41. The van der Waals surface area contributed by atoms with Gasteiger partial charge in [0.2, 0.25) is 5.92 Å². The van der Waals surface area contributed by atoms with E-state index in [0.29, 0.717) is 28.9 Å². The first-order valence-electron chi connectivity index (χ1n) is 11.1. The van der Waals surface area contributed by atoms with Gasteiger partial charge in [-0.2, -0.15) is 0 Å².